The van der Waals surface area contributed by atoms with Crippen molar-refractivity contribution in [2.45, 2.75) is 32.2 Å². The molecule has 0 N–H and O–H groups in total. The van der Waals surface area contributed by atoms with Crippen LogP contribution in [-0.2, 0) is 6.42 Å². The lowest BCUT2D eigenvalue weighted by molar-refractivity contribution is 0.496. The van der Waals surface area contributed by atoms with Crippen LogP contribution in [0.15, 0.2) is 35.1 Å². The molecule has 1 atom stereocenters. The van der Waals surface area contributed by atoms with E-state index in [1.807, 2.05) is 16.8 Å². The highest BCUT2D eigenvalue weighted by atomic mass is 79.9. The summed E-state index contributed by atoms with van der Waals surface area (Å²) in [6, 6.07) is 8.59. The quantitative estimate of drug-likeness (QED) is 0.763. The summed E-state index contributed by atoms with van der Waals surface area (Å²) in [5.41, 5.74) is 1.22. The molecule has 0 amide bonds. The molecule has 0 saturated carbocycles. The van der Waals surface area contributed by atoms with Crippen LogP contribution in [0, 0.1) is 0 Å². The van der Waals surface area contributed by atoms with Crippen molar-refractivity contribution in [3.8, 4) is 0 Å². The fraction of sp³-hybridized carbons (Fsp3) is 0.429. The largest absolute Gasteiger partial charge is 0.248 e. The first-order chi connectivity index (χ1) is 9.11. The van der Waals surface area contributed by atoms with E-state index in [9.17, 15) is 0 Å². The first-order valence-corrected chi connectivity index (χ1v) is 7.64. The second kappa shape index (κ2) is 6.53. The fourth-order valence-corrected chi connectivity index (χ4v) is 2.80. The Kier molecular flexibility index (Phi) is 4.99. The molecule has 0 aliphatic heterocycles. The fourth-order valence-electron chi connectivity index (χ4n) is 2.09. The maximum atomic E-state index is 6.13. The van der Waals surface area contributed by atoms with Gasteiger partial charge in [0.25, 0.3) is 0 Å². The summed E-state index contributed by atoms with van der Waals surface area (Å²) < 4.78 is 3.03. The molecule has 0 spiro atoms. The van der Waals surface area contributed by atoms with Gasteiger partial charge in [0.1, 0.15) is 12.2 Å². The zero-order chi connectivity index (χ0) is 13.8. The summed E-state index contributed by atoms with van der Waals surface area (Å²) in [4.78, 5) is 4.35. The molecule has 1 heterocycles. The molecule has 102 valence electrons. The number of alkyl halides is 1. The van der Waals surface area contributed by atoms with E-state index in [1.165, 1.54) is 5.56 Å². The van der Waals surface area contributed by atoms with Crippen LogP contribution in [0.4, 0.5) is 0 Å². The molecule has 1 aromatic carbocycles. The van der Waals surface area contributed by atoms with Crippen molar-refractivity contribution in [3.05, 3.63) is 46.5 Å². The molecule has 19 heavy (non-hydrogen) atoms. The van der Waals surface area contributed by atoms with E-state index in [-0.39, 0.29) is 5.92 Å². The molecule has 3 nitrogen and oxygen atoms in total. The van der Waals surface area contributed by atoms with Gasteiger partial charge in [-0.25, -0.2) is 9.67 Å². The van der Waals surface area contributed by atoms with Gasteiger partial charge in [0, 0.05) is 28.7 Å². The number of hydrogen-bond donors (Lipinski definition) is 0. The van der Waals surface area contributed by atoms with Crippen molar-refractivity contribution in [2.75, 3.05) is 5.88 Å². The van der Waals surface area contributed by atoms with Crippen molar-refractivity contribution in [2.24, 2.45) is 0 Å². The van der Waals surface area contributed by atoms with Crippen LogP contribution in [0.1, 0.15) is 37.2 Å². The van der Waals surface area contributed by atoms with E-state index >= 15 is 0 Å². The average molecular weight is 343 g/mol. The predicted molar refractivity (Wildman–Crippen MR) is 81.7 cm³/mol. The summed E-state index contributed by atoms with van der Waals surface area (Å²) in [6.07, 6.45) is 2.42. The van der Waals surface area contributed by atoms with Crippen molar-refractivity contribution in [1.29, 1.82) is 0 Å². The highest BCUT2D eigenvalue weighted by Gasteiger charge is 2.16. The minimum atomic E-state index is 0.251. The first-order valence-electron chi connectivity index (χ1n) is 6.31. The number of nitrogens with zero attached hydrogens (tertiary/aromatic N) is 3. The number of hydrogen-bond acceptors (Lipinski definition) is 2. The van der Waals surface area contributed by atoms with E-state index in [0.29, 0.717) is 11.9 Å². The molecule has 0 saturated heterocycles. The van der Waals surface area contributed by atoms with Crippen molar-refractivity contribution in [3.63, 3.8) is 0 Å². The summed E-state index contributed by atoms with van der Waals surface area (Å²) in [5.74, 6) is 1.81. The predicted octanol–water partition coefficient (Wildman–Crippen LogP) is 4.19. The Morgan fingerprint density at radius 2 is 2.16 bits per heavy atom. The SMILES string of the molecule is CC(C)n1ncnc1CC(CCl)c1cccc(Br)c1. The van der Waals surface area contributed by atoms with Gasteiger partial charge in [-0.2, -0.15) is 5.10 Å². The summed E-state index contributed by atoms with van der Waals surface area (Å²) >= 11 is 9.63. The smallest absolute Gasteiger partial charge is 0.138 e. The Morgan fingerprint density at radius 1 is 1.37 bits per heavy atom. The Balaban J connectivity index is 2.22. The highest BCUT2D eigenvalue weighted by Crippen LogP contribution is 2.25. The number of benzene rings is 1. The number of halogens is 2. The van der Waals surface area contributed by atoms with Gasteiger partial charge in [0.2, 0.25) is 0 Å². The van der Waals surface area contributed by atoms with Crippen LogP contribution in [0.5, 0.6) is 0 Å². The molecular formula is C14H17BrClN3. The maximum absolute atomic E-state index is 6.13. The molecular weight excluding hydrogens is 326 g/mol. The van der Waals surface area contributed by atoms with E-state index in [0.717, 1.165) is 16.7 Å². The van der Waals surface area contributed by atoms with Crippen LogP contribution in [0.25, 0.3) is 0 Å². The standard InChI is InChI=1S/C14H17BrClN3/c1-10(2)19-14(17-9-18-19)7-12(8-16)11-4-3-5-13(15)6-11/h3-6,9-10,12H,7-8H2,1-2H3. The van der Waals surface area contributed by atoms with Gasteiger partial charge in [0.15, 0.2) is 0 Å². The topological polar surface area (TPSA) is 30.7 Å². The van der Waals surface area contributed by atoms with Gasteiger partial charge in [0.05, 0.1) is 0 Å². The van der Waals surface area contributed by atoms with Gasteiger partial charge >= 0.3 is 0 Å². The third kappa shape index (κ3) is 3.57. The minimum Gasteiger partial charge on any atom is -0.248 e. The van der Waals surface area contributed by atoms with Gasteiger partial charge in [-0.15, -0.1) is 11.6 Å². The number of aromatic nitrogens is 3. The van der Waals surface area contributed by atoms with E-state index in [1.54, 1.807) is 6.33 Å². The van der Waals surface area contributed by atoms with E-state index in [4.69, 9.17) is 11.6 Å². The molecule has 2 aromatic rings. The Hall–Kier alpha value is -0.870. The Morgan fingerprint density at radius 3 is 2.79 bits per heavy atom. The van der Waals surface area contributed by atoms with Crippen molar-refractivity contribution < 1.29 is 0 Å². The molecule has 1 aromatic heterocycles. The van der Waals surface area contributed by atoms with E-state index < -0.39 is 0 Å². The molecule has 1 unspecified atom stereocenters. The average Bonchev–Trinajstić information content (AvgIpc) is 2.84. The lowest BCUT2D eigenvalue weighted by atomic mass is 9.97. The summed E-state index contributed by atoms with van der Waals surface area (Å²) in [6.45, 7) is 4.21. The summed E-state index contributed by atoms with van der Waals surface area (Å²) in [5, 5.41) is 4.27. The normalized spacial score (nSPS) is 12.9. The lowest BCUT2D eigenvalue weighted by Gasteiger charge is -2.16. The van der Waals surface area contributed by atoms with Gasteiger partial charge in [-0.05, 0) is 31.5 Å². The zero-order valence-corrected chi connectivity index (χ0v) is 13.4. The third-order valence-corrected chi connectivity index (χ3v) is 3.94. The van der Waals surface area contributed by atoms with Gasteiger partial charge < -0.3 is 0 Å². The van der Waals surface area contributed by atoms with Crippen LogP contribution in [-0.4, -0.2) is 20.6 Å². The molecule has 0 aliphatic carbocycles. The zero-order valence-electron chi connectivity index (χ0n) is 11.1. The Labute approximate surface area is 127 Å². The second-order valence-corrected chi connectivity index (χ2v) is 6.05. The first kappa shape index (κ1) is 14.5. The summed E-state index contributed by atoms with van der Waals surface area (Å²) in [7, 11) is 0. The molecule has 0 bridgehead atoms. The van der Waals surface area contributed by atoms with Crippen LogP contribution >= 0.6 is 27.5 Å². The molecule has 5 heteroatoms. The van der Waals surface area contributed by atoms with Gasteiger partial charge in [-0.3, -0.25) is 0 Å². The number of rotatable bonds is 5. The Bertz CT molecular complexity index is 539. The molecule has 0 aliphatic rings. The van der Waals surface area contributed by atoms with Crippen LogP contribution in [0.3, 0.4) is 0 Å². The van der Waals surface area contributed by atoms with Crippen molar-refractivity contribution >= 4 is 27.5 Å². The lowest BCUT2D eigenvalue weighted by Crippen LogP contribution is -2.13. The van der Waals surface area contributed by atoms with E-state index in [2.05, 4.69) is 52.0 Å². The molecule has 2 rings (SSSR count). The monoisotopic (exact) mass is 341 g/mol. The minimum absolute atomic E-state index is 0.251. The highest BCUT2D eigenvalue weighted by molar-refractivity contribution is 9.10. The van der Waals surface area contributed by atoms with Crippen LogP contribution in [0.2, 0.25) is 0 Å². The van der Waals surface area contributed by atoms with Gasteiger partial charge in [-0.1, -0.05) is 28.1 Å². The van der Waals surface area contributed by atoms with Crippen molar-refractivity contribution in [1.82, 2.24) is 14.8 Å². The molecule has 0 fully saturated rings. The maximum Gasteiger partial charge on any atom is 0.138 e. The van der Waals surface area contributed by atoms with Crippen LogP contribution < -0.4 is 0 Å². The second-order valence-electron chi connectivity index (χ2n) is 4.82. The molecule has 0 radical (unpaired) electrons. The third-order valence-electron chi connectivity index (χ3n) is 3.07.